The average molecular weight is 385 g/mol. The molecular weight excluding hydrogens is 370 g/mol. The molecule has 0 spiro atoms. The van der Waals surface area contributed by atoms with Crippen LogP contribution in [0.4, 0.5) is 10.3 Å². The molecule has 0 aliphatic heterocycles. The number of carbonyl (C=O) groups is 2. The Morgan fingerprint density at radius 1 is 1.12 bits per heavy atom. The topological polar surface area (TPSA) is 96.9 Å². The molecule has 2 N–H and O–H groups in total. The zero-order chi connectivity index (χ0) is 18.4. The van der Waals surface area contributed by atoms with Gasteiger partial charge in [-0.05, 0) is 18.6 Å². The number of amides is 2. The van der Waals surface area contributed by atoms with E-state index in [9.17, 15) is 9.59 Å². The van der Waals surface area contributed by atoms with E-state index >= 15 is 0 Å². The van der Waals surface area contributed by atoms with Crippen molar-refractivity contribution in [1.29, 1.82) is 0 Å². The summed E-state index contributed by atoms with van der Waals surface area (Å²) in [6, 6.07) is 9.53. The Balaban J connectivity index is 1.51. The van der Waals surface area contributed by atoms with Gasteiger partial charge in [-0.15, -0.1) is 21.5 Å². The third kappa shape index (κ3) is 5.30. The first-order valence-electron chi connectivity index (χ1n) is 7.67. The molecule has 9 heteroatoms. The smallest absolute Gasteiger partial charge is 0.250 e. The highest BCUT2D eigenvalue weighted by Crippen LogP contribution is 2.17. The summed E-state index contributed by atoms with van der Waals surface area (Å²) in [5.74, 6) is -0.503. The molecule has 0 aliphatic carbocycles. The standard InChI is InChI=1S/C17H15N5O2S2/c1-11-21-22-17(26-11)20-15(24)9-13-10-25-16(18-13)19-14(23)8-7-12-5-3-2-4-6-12/h2-8,10H,9H2,1H3,(H,18,19,23)(H,20,22,24). The molecule has 0 unspecified atom stereocenters. The molecule has 3 rings (SSSR count). The Labute approximate surface area is 157 Å². The second-order valence-electron chi connectivity index (χ2n) is 5.23. The van der Waals surface area contributed by atoms with E-state index in [4.69, 9.17) is 0 Å². The number of carbonyl (C=O) groups excluding carboxylic acids is 2. The highest BCUT2D eigenvalue weighted by molar-refractivity contribution is 7.15. The molecule has 2 heterocycles. The molecule has 0 radical (unpaired) electrons. The molecule has 26 heavy (non-hydrogen) atoms. The van der Waals surface area contributed by atoms with Crippen LogP contribution in [0, 0.1) is 6.92 Å². The lowest BCUT2D eigenvalue weighted by molar-refractivity contribution is -0.115. The van der Waals surface area contributed by atoms with Crippen LogP contribution < -0.4 is 10.6 Å². The summed E-state index contributed by atoms with van der Waals surface area (Å²) in [5.41, 5.74) is 1.52. The number of anilines is 2. The maximum atomic E-state index is 12.0. The van der Waals surface area contributed by atoms with Crippen LogP contribution in [0.5, 0.6) is 0 Å². The number of rotatable bonds is 6. The number of aryl methyl sites for hydroxylation is 1. The van der Waals surface area contributed by atoms with Gasteiger partial charge in [0.05, 0.1) is 12.1 Å². The van der Waals surface area contributed by atoms with Gasteiger partial charge < -0.3 is 5.32 Å². The van der Waals surface area contributed by atoms with Crippen LogP contribution in [0.15, 0.2) is 41.8 Å². The summed E-state index contributed by atoms with van der Waals surface area (Å²) in [4.78, 5) is 28.2. The van der Waals surface area contributed by atoms with Gasteiger partial charge in [-0.25, -0.2) is 4.98 Å². The first kappa shape index (κ1) is 17.9. The van der Waals surface area contributed by atoms with Gasteiger partial charge in [0.25, 0.3) is 0 Å². The van der Waals surface area contributed by atoms with Crippen molar-refractivity contribution in [2.45, 2.75) is 13.3 Å². The first-order chi connectivity index (χ1) is 12.6. The number of thiazole rings is 1. The lowest BCUT2D eigenvalue weighted by Gasteiger charge is -1.98. The van der Waals surface area contributed by atoms with E-state index in [-0.39, 0.29) is 18.2 Å². The monoisotopic (exact) mass is 385 g/mol. The third-order valence-electron chi connectivity index (χ3n) is 3.12. The number of hydrogen-bond acceptors (Lipinski definition) is 7. The van der Waals surface area contributed by atoms with Crippen molar-refractivity contribution in [2.24, 2.45) is 0 Å². The predicted molar refractivity (Wildman–Crippen MR) is 103 cm³/mol. The van der Waals surface area contributed by atoms with Crippen molar-refractivity contribution in [2.75, 3.05) is 10.6 Å². The Morgan fingerprint density at radius 3 is 2.65 bits per heavy atom. The second-order valence-corrected chi connectivity index (χ2v) is 7.27. The molecule has 2 amide bonds. The fourth-order valence-electron chi connectivity index (χ4n) is 2.00. The van der Waals surface area contributed by atoms with E-state index < -0.39 is 0 Å². The fraction of sp³-hybridized carbons (Fsp3) is 0.118. The molecule has 0 fully saturated rings. The molecule has 132 valence electrons. The molecule has 3 aromatic rings. The number of nitrogens with one attached hydrogen (secondary N) is 2. The summed E-state index contributed by atoms with van der Waals surface area (Å²) >= 11 is 2.58. The Hall–Kier alpha value is -2.91. The molecule has 1 aromatic carbocycles. The first-order valence-corrected chi connectivity index (χ1v) is 9.36. The van der Waals surface area contributed by atoms with Gasteiger partial charge in [-0.1, -0.05) is 41.7 Å². The number of hydrogen-bond donors (Lipinski definition) is 2. The fourth-order valence-corrected chi connectivity index (χ4v) is 3.32. The molecule has 0 saturated carbocycles. The molecule has 0 bridgehead atoms. The van der Waals surface area contributed by atoms with E-state index in [1.807, 2.05) is 37.3 Å². The van der Waals surface area contributed by atoms with Crippen molar-refractivity contribution < 1.29 is 9.59 Å². The maximum absolute atomic E-state index is 12.0. The highest BCUT2D eigenvalue weighted by Gasteiger charge is 2.11. The molecular formula is C17H15N5O2S2. The molecule has 0 saturated heterocycles. The lowest BCUT2D eigenvalue weighted by Crippen LogP contribution is -2.14. The SMILES string of the molecule is Cc1nnc(NC(=O)Cc2csc(NC(=O)C=Cc3ccccc3)n2)s1. The summed E-state index contributed by atoms with van der Waals surface area (Å²) in [6.45, 7) is 1.81. The lowest BCUT2D eigenvalue weighted by atomic mass is 10.2. The van der Waals surface area contributed by atoms with E-state index in [1.165, 1.54) is 28.7 Å². The second kappa shape index (κ2) is 8.45. The minimum absolute atomic E-state index is 0.102. The summed E-state index contributed by atoms with van der Waals surface area (Å²) < 4.78 is 0. The van der Waals surface area contributed by atoms with Crippen LogP contribution in [-0.2, 0) is 16.0 Å². The van der Waals surface area contributed by atoms with Gasteiger partial charge in [-0.3, -0.25) is 14.9 Å². The van der Waals surface area contributed by atoms with Crippen molar-refractivity contribution in [3.63, 3.8) is 0 Å². The van der Waals surface area contributed by atoms with Gasteiger partial charge in [-0.2, -0.15) is 0 Å². The van der Waals surface area contributed by atoms with E-state index in [0.717, 1.165) is 10.6 Å². The Kier molecular flexibility index (Phi) is 5.82. The highest BCUT2D eigenvalue weighted by atomic mass is 32.1. The summed E-state index contributed by atoms with van der Waals surface area (Å²) in [6.07, 6.45) is 3.27. The molecule has 7 nitrogen and oxygen atoms in total. The third-order valence-corrected chi connectivity index (χ3v) is 4.68. The largest absolute Gasteiger partial charge is 0.300 e. The van der Waals surface area contributed by atoms with Crippen LogP contribution in [0.25, 0.3) is 6.08 Å². The van der Waals surface area contributed by atoms with Crippen LogP contribution in [0.3, 0.4) is 0 Å². The van der Waals surface area contributed by atoms with Crippen molar-refractivity contribution in [1.82, 2.24) is 15.2 Å². The van der Waals surface area contributed by atoms with Crippen molar-refractivity contribution in [3.8, 4) is 0 Å². The van der Waals surface area contributed by atoms with Crippen LogP contribution in [0.1, 0.15) is 16.3 Å². The molecule has 2 aromatic heterocycles. The minimum Gasteiger partial charge on any atom is -0.300 e. The summed E-state index contributed by atoms with van der Waals surface area (Å²) in [7, 11) is 0. The van der Waals surface area contributed by atoms with Gasteiger partial charge in [0, 0.05) is 11.5 Å². The quantitative estimate of drug-likeness (QED) is 0.636. The predicted octanol–water partition coefficient (Wildman–Crippen LogP) is 3.14. The van der Waals surface area contributed by atoms with E-state index in [1.54, 1.807) is 11.5 Å². The normalized spacial score (nSPS) is 10.8. The van der Waals surface area contributed by atoms with Crippen molar-refractivity contribution in [3.05, 3.63) is 58.1 Å². The van der Waals surface area contributed by atoms with Crippen LogP contribution in [0.2, 0.25) is 0 Å². The minimum atomic E-state index is -0.275. The maximum Gasteiger partial charge on any atom is 0.250 e. The van der Waals surface area contributed by atoms with E-state index in [2.05, 4.69) is 25.8 Å². The molecule has 0 aliphatic rings. The Morgan fingerprint density at radius 2 is 1.92 bits per heavy atom. The average Bonchev–Trinajstić information content (AvgIpc) is 3.22. The van der Waals surface area contributed by atoms with Gasteiger partial charge >= 0.3 is 0 Å². The molecule has 0 atom stereocenters. The number of nitrogens with zero attached hydrogens (tertiary/aromatic N) is 3. The van der Waals surface area contributed by atoms with Crippen LogP contribution in [-0.4, -0.2) is 27.0 Å². The van der Waals surface area contributed by atoms with Gasteiger partial charge in [0.1, 0.15) is 5.01 Å². The van der Waals surface area contributed by atoms with Crippen molar-refractivity contribution >= 4 is 50.8 Å². The number of benzene rings is 1. The van der Waals surface area contributed by atoms with Crippen LogP contribution >= 0.6 is 22.7 Å². The van der Waals surface area contributed by atoms with Gasteiger partial charge in [0.2, 0.25) is 16.9 Å². The zero-order valence-electron chi connectivity index (χ0n) is 13.8. The van der Waals surface area contributed by atoms with Gasteiger partial charge in [0.15, 0.2) is 5.13 Å². The van der Waals surface area contributed by atoms with E-state index in [0.29, 0.717) is 16.0 Å². The zero-order valence-corrected chi connectivity index (χ0v) is 15.4. The number of aromatic nitrogens is 3. The Bertz CT molecular complexity index is 934. The summed E-state index contributed by atoms with van der Waals surface area (Å²) in [5, 5.41) is 16.5.